The SMILES string of the molecule is CC[C@@H](CO)N1C(=O)[C@@H]2[C@@H]3C(=O)OCCCC/C=C\[C@]3(CC)O[C@@]23C=CCN(CCN2CCOCC2)C(=O)C13. The van der Waals surface area contributed by atoms with Crippen LogP contribution in [0.5, 0.6) is 0 Å². The standard InChI is InChI=1S/C29H43N3O7/c1-3-21(20-33)32-24-26(35)31(14-13-30-15-18-37-19-16-30)12-9-11-29(24)22(25(32)34)23-27(36)38-17-8-6-5-7-10-28(23,4-2)39-29/h7,9-11,21-24,33H,3-6,8,12-20H2,1-2H3/b10-7-/t21-,22-,23+,24?,28-,29-/m0/s1. The zero-order chi connectivity index (χ0) is 27.6. The molecular formula is C29H43N3O7. The fraction of sp³-hybridized carbons (Fsp3) is 0.759. The third kappa shape index (κ3) is 4.83. The lowest BCUT2D eigenvalue weighted by Gasteiger charge is -2.41. The maximum Gasteiger partial charge on any atom is 0.313 e. The van der Waals surface area contributed by atoms with Crippen molar-refractivity contribution in [1.29, 1.82) is 0 Å². The highest BCUT2D eigenvalue weighted by Gasteiger charge is 2.75. The lowest BCUT2D eigenvalue weighted by molar-refractivity contribution is -0.163. The van der Waals surface area contributed by atoms with Crippen molar-refractivity contribution in [3.05, 3.63) is 24.3 Å². The molecule has 0 aromatic rings. The van der Waals surface area contributed by atoms with Crippen LogP contribution in [0.1, 0.15) is 46.0 Å². The van der Waals surface area contributed by atoms with E-state index in [1.807, 2.05) is 38.2 Å². The molecule has 5 aliphatic rings. The van der Waals surface area contributed by atoms with Crippen LogP contribution in [0.25, 0.3) is 0 Å². The Bertz CT molecular complexity index is 991. The lowest BCUT2D eigenvalue weighted by atomic mass is 9.73. The van der Waals surface area contributed by atoms with Gasteiger partial charge in [0.15, 0.2) is 0 Å². The van der Waals surface area contributed by atoms with E-state index in [1.165, 1.54) is 4.90 Å². The van der Waals surface area contributed by atoms with Gasteiger partial charge in [0.05, 0.1) is 38.4 Å². The van der Waals surface area contributed by atoms with Crippen molar-refractivity contribution >= 4 is 17.8 Å². The van der Waals surface area contributed by atoms with E-state index in [2.05, 4.69) is 4.90 Å². The first-order valence-electron chi connectivity index (χ1n) is 14.7. The van der Waals surface area contributed by atoms with E-state index < -0.39 is 41.1 Å². The zero-order valence-electron chi connectivity index (χ0n) is 23.3. The Kier molecular flexibility index (Phi) is 8.47. The van der Waals surface area contributed by atoms with Gasteiger partial charge < -0.3 is 29.1 Å². The van der Waals surface area contributed by atoms with Crippen LogP contribution in [0.4, 0.5) is 0 Å². The Morgan fingerprint density at radius 3 is 2.51 bits per heavy atom. The lowest BCUT2D eigenvalue weighted by Crippen LogP contribution is -2.59. The second-order valence-corrected chi connectivity index (χ2v) is 11.3. The molecule has 5 aliphatic heterocycles. The average Bonchev–Trinajstić information content (AvgIpc) is 3.31. The molecular weight excluding hydrogens is 502 g/mol. The molecule has 10 heteroatoms. The van der Waals surface area contributed by atoms with Crippen LogP contribution >= 0.6 is 0 Å². The summed E-state index contributed by atoms with van der Waals surface area (Å²) in [5, 5.41) is 10.3. The molecule has 6 atom stereocenters. The quantitative estimate of drug-likeness (QED) is 0.375. The number of rotatable bonds is 7. The zero-order valence-corrected chi connectivity index (χ0v) is 23.3. The van der Waals surface area contributed by atoms with Crippen molar-refractivity contribution in [3.8, 4) is 0 Å². The summed E-state index contributed by atoms with van der Waals surface area (Å²) >= 11 is 0. The number of likely N-dealkylation sites (tertiary alicyclic amines) is 1. The molecule has 0 saturated carbocycles. The largest absolute Gasteiger partial charge is 0.465 e. The molecule has 1 unspecified atom stereocenters. The summed E-state index contributed by atoms with van der Waals surface area (Å²) in [5.74, 6) is -2.78. The summed E-state index contributed by atoms with van der Waals surface area (Å²) in [6, 6.07) is -1.54. The number of ether oxygens (including phenoxy) is 3. The van der Waals surface area contributed by atoms with Gasteiger partial charge in [-0.25, -0.2) is 0 Å². The van der Waals surface area contributed by atoms with Gasteiger partial charge in [-0.05, 0) is 32.1 Å². The molecule has 5 heterocycles. The first-order valence-corrected chi connectivity index (χ1v) is 14.7. The molecule has 10 nitrogen and oxygen atoms in total. The predicted octanol–water partition coefficient (Wildman–Crippen LogP) is 1.13. The number of amides is 2. The van der Waals surface area contributed by atoms with Gasteiger partial charge in [-0.2, -0.15) is 0 Å². The molecule has 0 aromatic heterocycles. The smallest absolute Gasteiger partial charge is 0.313 e. The van der Waals surface area contributed by atoms with Gasteiger partial charge >= 0.3 is 5.97 Å². The molecule has 1 spiro atoms. The van der Waals surface area contributed by atoms with Gasteiger partial charge in [-0.15, -0.1) is 0 Å². The van der Waals surface area contributed by atoms with E-state index in [0.29, 0.717) is 52.3 Å². The normalized spacial score (nSPS) is 37.1. The Labute approximate surface area is 230 Å². The highest BCUT2D eigenvalue weighted by Crippen LogP contribution is 2.58. The number of aliphatic hydroxyl groups is 1. The van der Waals surface area contributed by atoms with Gasteiger partial charge in [0.1, 0.15) is 23.2 Å². The monoisotopic (exact) mass is 545 g/mol. The Morgan fingerprint density at radius 2 is 1.79 bits per heavy atom. The molecule has 3 saturated heterocycles. The van der Waals surface area contributed by atoms with Gasteiger partial charge in [-0.1, -0.05) is 38.2 Å². The Hall–Kier alpha value is -2.27. The van der Waals surface area contributed by atoms with Crippen molar-refractivity contribution in [3.63, 3.8) is 0 Å². The summed E-state index contributed by atoms with van der Waals surface area (Å²) in [7, 11) is 0. The van der Waals surface area contributed by atoms with E-state index in [9.17, 15) is 19.5 Å². The van der Waals surface area contributed by atoms with Crippen LogP contribution in [0.3, 0.4) is 0 Å². The van der Waals surface area contributed by atoms with Gasteiger partial charge in [0, 0.05) is 32.7 Å². The Morgan fingerprint density at radius 1 is 1.00 bits per heavy atom. The van der Waals surface area contributed by atoms with Crippen molar-refractivity contribution < 1.29 is 33.7 Å². The van der Waals surface area contributed by atoms with E-state index in [0.717, 1.165) is 32.4 Å². The number of carbonyl (C=O) groups is 3. The van der Waals surface area contributed by atoms with Crippen LogP contribution < -0.4 is 0 Å². The topological polar surface area (TPSA) is 109 Å². The minimum absolute atomic E-state index is 0.205. The van der Waals surface area contributed by atoms with Crippen molar-refractivity contribution in [2.45, 2.75) is 69.2 Å². The molecule has 5 rings (SSSR count). The first kappa shape index (κ1) is 28.3. The molecule has 1 N–H and O–H groups in total. The van der Waals surface area contributed by atoms with E-state index in [1.54, 1.807) is 4.90 Å². The van der Waals surface area contributed by atoms with Gasteiger partial charge in [0.25, 0.3) is 0 Å². The maximum atomic E-state index is 14.4. The van der Waals surface area contributed by atoms with Crippen LogP contribution in [0.2, 0.25) is 0 Å². The Balaban J connectivity index is 1.56. The van der Waals surface area contributed by atoms with Crippen LogP contribution in [0, 0.1) is 11.8 Å². The predicted molar refractivity (Wildman–Crippen MR) is 143 cm³/mol. The summed E-state index contributed by atoms with van der Waals surface area (Å²) in [6.45, 7) is 8.44. The highest BCUT2D eigenvalue weighted by atomic mass is 16.6. The fourth-order valence-electron chi connectivity index (χ4n) is 7.12. The van der Waals surface area contributed by atoms with E-state index in [4.69, 9.17) is 14.2 Å². The first-order chi connectivity index (χ1) is 18.9. The summed E-state index contributed by atoms with van der Waals surface area (Å²) in [6.07, 6.45) is 11.2. The summed E-state index contributed by atoms with van der Waals surface area (Å²) in [4.78, 5) is 48.0. The average molecular weight is 546 g/mol. The molecule has 0 bridgehead atoms. The van der Waals surface area contributed by atoms with Gasteiger partial charge in [0.2, 0.25) is 11.8 Å². The number of hydrogen-bond donors (Lipinski definition) is 1. The number of aliphatic hydroxyl groups excluding tert-OH is 1. The number of cyclic esters (lactones) is 1. The molecule has 0 aliphatic carbocycles. The van der Waals surface area contributed by atoms with Crippen molar-refractivity contribution in [2.24, 2.45) is 11.8 Å². The number of fused-ring (bicyclic) bond motifs is 2. The molecule has 0 radical (unpaired) electrons. The molecule has 3 fully saturated rings. The molecule has 2 amide bonds. The number of nitrogens with zero attached hydrogens (tertiary/aromatic N) is 3. The second-order valence-electron chi connectivity index (χ2n) is 11.3. The molecule has 39 heavy (non-hydrogen) atoms. The minimum atomic E-state index is -1.33. The van der Waals surface area contributed by atoms with Crippen LogP contribution in [-0.4, -0.2) is 120 Å². The van der Waals surface area contributed by atoms with Gasteiger partial charge in [-0.3, -0.25) is 19.3 Å². The molecule has 216 valence electrons. The summed E-state index contributed by atoms with van der Waals surface area (Å²) < 4.78 is 18.1. The van der Waals surface area contributed by atoms with Crippen LogP contribution in [0.15, 0.2) is 24.3 Å². The second kappa shape index (κ2) is 11.7. The number of esters is 1. The molecule has 0 aromatic carbocycles. The van der Waals surface area contributed by atoms with E-state index in [-0.39, 0.29) is 18.4 Å². The third-order valence-corrected chi connectivity index (χ3v) is 9.27. The number of morpholine rings is 1. The van der Waals surface area contributed by atoms with Crippen LogP contribution in [-0.2, 0) is 28.6 Å². The van der Waals surface area contributed by atoms with E-state index >= 15 is 0 Å². The third-order valence-electron chi connectivity index (χ3n) is 9.27. The minimum Gasteiger partial charge on any atom is -0.465 e. The highest BCUT2D eigenvalue weighted by molar-refractivity contribution is 5.99. The van der Waals surface area contributed by atoms with Crippen molar-refractivity contribution in [1.82, 2.24) is 14.7 Å². The maximum absolute atomic E-state index is 14.4. The fourth-order valence-corrected chi connectivity index (χ4v) is 7.12. The number of carbonyl (C=O) groups excluding carboxylic acids is 3. The summed E-state index contributed by atoms with van der Waals surface area (Å²) in [5.41, 5.74) is -2.39. The van der Waals surface area contributed by atoms with Crippen molar-refractivity contribution in [2.75, 3.05) is 59.2 Å². The number of allylic oxidation sites excluding steroid dienone is 1. The number of hydrogen-bond acceptors (Lipinski definition) is 8.